The molecule has 4 amide bonds. The Bertz CT molecular complexity index is 1030. The highest BCUT2D eigenvalue weighted by molar-refractivity contribution is 6.25. The molecule has 3 heterocycles. The van der Waals surface area contributed by atoms with Crippen LogP contribution in [0.1, 0.15) is 45.7 Å². The maximum atomic E-state index is 13.1. The number of carbonyl (C=O) groups excluding carboxylic acids is 4. The second-order valence-electron chi connectivity index (χ2n) is 7.27. The van der Waals surface area contributed by atoms with Gasteiger partial charge in [0.05, 0.1) is 29.7 Å². The third kappa shape index (κ3) is 3.57. The van der Waals surface area contributed by atoms with Crippen molar-refractivity contribution < 1.29 is 19.2 Å². The SMILES string of the molecule is NCCCn1cnc(CNc2cccc3c2C(=O)N(C2CCC(=O)NC2=O)C3=O)c1. The first kappa shape index (κ1) is 19.8. The molecule has 30 heavy (non-hydrogen) atoms. The quantitative estimate of drug-likeness (QED) is 0.556. The van der Waals surface area contributed by atoms with Crippen LogP contribution in [0.25, 0.3) is 0 Å². The highest BCUT2D eigenvalue weighted by atomic mass is 16.2. The van der Waals surface area contributed by atoms with Gasteiger partial charge in [0.25, 0.3) is 11.8 Å². The molecule has 1 fully saturated rings. The number of fused-ring (bicyclic) bond motifs is 1. The van der Waals surface area contributed by atoms with Gasteiger partial charge in [-0.05, 0) is 31.5 Å². The molecule has 1 saturated heterocycles. The summed E-state index contributed by atoms with van der Waals surface area (Å²) in [6.07, 6.45) is 4.68. The van der Waals surface area contributed by atoms with E-state index in [1.165, 1.54) is 0 Å². The van der Waals surface area contributed by atoms with E-state index in [4.69, 9.17) is 5.73 Å². The number of imidazole rings is 1. The predicted octanol–water partition coefficient (Wildman–Crippen LogP) is 0.245. The van der Waals surface area contributed by atoms with Crippen LogP contribution in [0.4, 0.5) is 5.69 Å². The van der Waals surface area contributed by atoms with Crippen molar-refractivity contribution in [2.75, 3.05) is 11.9 Å². The smallest absolute Gasteiger partial charge is 0.264 e. The Hall–Kier alpha value is -3.53. The van der Waals surface area contributed by atoms with Gasteiger partial charge in [-0.15, -0.1) is 0 Å². The highest BCUT2D eigenvalue weighted by Crippen LogP contribution is 2.32. The monoisotopic (exact) mass is 410 g/mol. The van der Waals surface area contributed by atoms with Gasteiger partial charge in [-0.2, -0.15) is 0 Å². The second-order valence-corrected chi connectivity index (χ2v) is 7.27. The normalized spacial score (nSPS) is 18.6. The second kappa shape index (κ2) is 8.07. The van der Waals surface area contributed by atoms with E-state index in [0.29, 0.717) is 18.8 Å². The minimum atomic E-state index is -0.985. The maximum absolute atomic E-state index is 13.1. The van der Waals surface area contributed by atoms with E-state index in [9.17, 15) is 19.2 Å². The van der Waals surface area contributed by atoms with Crippen molar-refractivity contribution in [2.45, 2.75) is 38.4 Å². The van der Waals surface area contributed by atoms with E-state index >= 15 is 0 Å². The number of benzene rings is 1. The Balaban J connectivity index is 1.52. The molecule has 1 aromatic heterocycles. The first-order valence-electron chi connectivity index (χ1n) is 9.78. The molecular weight excluding hydrogens is 388 g/mol. The molecule has 0 aliphatic carbocycles. The van der Waals surface area contributed by atoms with Crippen LogP contribution in [0.2, 0.25) is 0 Å². The molecule has 2 aliphatic rings. The molecule has 0 saturated carbocycles. The lowest BCUT2D eigenvalue weighted by atomic mass is 10.0. The van der Waals surface area contributed by atoms with Gasteiger partial charge in [0.1, 0.15) is 6.04 Å². The summed E-state index contributed by atoms with van der Waals surface area (Å²) in [5, 5.41) is 5.36. The molecule has 0 bridgehead atoms. The molecule has 10 nitrogen and oxygen atoms in total. The lowest BCUT2D eigenvalue weighted by Crippen LogP contribution is -2.54. The number of hydrogen-bond donors (Lipinski definition) is 3. The van der Waals surface area contributed by atoms with Gasteiger partial charge >= 0.3 is 0 Å². The number of aromatic nitrogens is 2. The minimum Gasteiger partial charge on any atom is -0.379 e. The van der Waals surface area contributed by atoms with Gasteiger partial charge in [0, 0.05) is 24.8 Å². The van der Waals surface area contributed by atoms with E-state index in [1.54, 1.807) is 24.5 Å². The summed E-state index contributed by atoms with van der Waals surface area (Å²) in [6, 6.07) is 3.97. The zero-order valence-corrected chi connectivity index (χ0v) is 16.3. The number of imide groups is 2. The number of nitrogens with one attached hydrogen (secondary N) is 2. The molecule has 2 aliphatic heterocycles. The van der Waals surface area contributed by atoms with Crippen molar-refractivity contribution >= 4 is 29.3 Å². The molecule has 1 atom stereocenters. The molecule has 2 aromatic rings. The Labute approximate surface area is 172 Å². The fourth-order valence-electron chi connectivity index (χ4n) is 3.74. The number of nitrogens with two attached hydrogens (primary N) is 1. The number of hydrogen-bond acceptors (Lipinski definition) is 7. The lowest BCUT2D eigenvalue weighted by molar-refractivity contribution is -0.136. The molecule has 10 heteroatoms. The molecule has 156 valence electrons. The van der Waals surface area contributed by atoms with Crippen molar-refractivity contribution in [3.8, 4) is 0 Å². The zero-order chi connectivity index (χ0) is 21.3. The zero-order valence-electron chi connectivity index (χ0n) is 16.3. The van der Waals surface area contributed by atoms with Crippen molar-refractivity contribution in [1.29, 1.82) is 0 Å². The van der Waals surface area contributed by atoms with Crippen molar-refractivity contribution in [2.24, 2.45) is 5.73 Å². The Morgan fingerprint density at radius 2 is 2.03 bits per heavy atom. The highest BCUT2D eigenvalue weighted by Gasteiger charge is 2.45. The third-order valence-corrected chi connectivity index (χ3v) is 5.24. The molecule has 0 radical (unpaired) electrons. The van der Waals surface area contributed by atoms with Crippen LogP contribution in [0.3, 0.4) is 0 Å². The largest absolute Gasteiger partial charge is 0.379 e. The van der Waals surface area contributed by atoms with Crippen LogP contribution in [-0.4, -0.2) is 50.7 Å². The summed E-state index contributed by atoms with van der Waals surface area (Å²) >= 11 is 0. The standard InChI is InChI=1S/C20H22N6O4/c21-7-2-8-25-10-12(23-11-25)9-22-14-4-1-3-13-17(14)20(30)26(19(13)29)15-5-6-16(27)24-18(15)28/h1,3-4,10-11,15,22H,2,5-9,21H2,(H,24,27,28). The van der Waals surface area contributed by atoms with Gasteiger partial charge in [-0.1, -0.05) is 6.07 Å². The molecule has 1 aromatic carbocycles. The van der Waals surface area contributed by atoms with Gasteiger partial charge in [-0.3, -0.25) is 29.4 Å². The van der Waals surface area contributed by atoms with Gasteiger partial charge < -0.3 is 15.6 Å². The number of aryl methyl sites for hydroxylation is 1. The van der Waals surface area contributed by atoms with Gasteiger partial charge in [0.15, 0.2) is 0 Å². The van der Waals surface area contributed by atoms with Gasteiger partial charge in [0.2, 0.25) is 11.8 Å². The van der Waals surface area contributed by atoms with Crippen molar-refractivity contribution in [1.82, 2.24) is 19.8 Å². The summed E-state index contributed by atoms with van der Waals surface area (Å²) in [4.78, 5) is 54.8. The molecule has 4 N–H and O–H groups in total. The van der Waals surface area contributed by atoms with Crippen LogP contribution in [0.15, 0.2) is 30.7 Å². The first-order valence-corrected chi connectivity index (χ1v) is 9.78. The number of amides is 4. The minimum absolute atomic E-state index is 0.0851. The average molecular weight is 410 g/mol. The van der Waals surface area contributed by atoms with E-state index in [2.05, 4.69) is 15.6 Å². The molecule has 1 unspecified atom stereocenters. The maximum Gasteiger partial charge on any atom is 0.264 e. The Kier molecular flexibility index (Phi) is 5.32. The van der Waals surface area contributed by atoms with Crippen molar-refractivity contribution in [3.63, 3.8) is 0 Å². The lowest BCUT2D eigenvalue weighted by Gasteiger charge is -2.27. The van der Waals surface area contributed by atoms with E-state index in [-0.39, 0.29) is 24.0 Å². The number of piperidine rings is 1. The number of anilines is 1. The molecule has 0 spiro atoms. The average Bonchev–Trinajstić information content (AvgIpc) is 3.28. The van der Waals surface area contributed by atoms with Crippen LogP contribution in [0.5, 0.6) is 0 Å². The summed E-state index contributed by atoms with van der Waals surface area (Å²) in [6.45, 7) is 1.74. The summed E-state index contributed by atoms with van der Waals surface area (Å²) < 4.78 is 1.94. The van der Waals surface area contributed by atoms with Crippen LogP contribution >= 0.6 is 0 Å². The summed E-state index contributed by atoms with van der Waals surface area (Å²) in [5.74, 6) is -2.10. The summed E-state index contributed by atoms with van der Waals surface area (Å²) in [7, 11) is 0. The number of carbonyl (C=O) groups is 4. The van der Waals surface area contributed by atoms with Crippen molar-refractivity contribution in [3.05, 3.63) is 47.5 Å². The summed E-state index contributed by atoms with van der Waals surface area (Å²) in [5.41, 5.74) is 7.27. The van der Waals surface area contributed by atoms with E-state index in [1.807, 2.05) is 10.8 Å². The fraction of sp³-hybridized carbons (Fsp3) is 0.350. The van der Waals surface area contributed by atoms with Crippen LogP contribution < -0.4 is 16.4 Å². The van der Waals surface area contributed by atoms with Gasteiger partial charge in [-0.25, -0.2) is 4.98 Å². The van der Waals surface area contributed by atoms with Crippen LogP contribution in [-0.2, 0) is 22.7 Å². The van der Waals surface area contributed by atoms with Crippen LogP contribution in [0, 0.1) is 0 Å². The third-order valence-electron chi connectivity index (χ3n) is 5.24. The topological polar surface area (TPSA) is 139 Å². The Morgan fingerprint density at radius 1 is 1.20 bits per heavy atom. The number of nitrogens with zero attached hydrogens (tertiary/aromatic N) is 3. The van der Waals surface area contributed by atoms with E-state index in [0.717, 1.165) is 23.6 Å². The molecular formula is C20H22N6O4. The molecule has 4 rings (SSSR count). The number of rotatable bonds is 7. The van der Waals surface area contributed by atoms with E-state index < -0.39 is 29.7 Å². The predicted molar refractivity (Wildman–Crippen MR) is 106 cm³/mol. The Morgan fingerprint density at radius 3 is 2.80 bits per heavy atom. The first-order chi connectivity index (χ1) is 14.5. The fourth-order valence-corrected chi connectivity index (χ4v) is 3.74.